The number of anilines is 3. The minimum atomic E-state index is 0.202. The van der Waals surface area contributed by atoms with Crippen molar-refractivity contribution in [3.8, 4) is 10.9 Å². The Labute approximate surface area is 194 Å². The molecule has 0 unspecified atom stereocenters. The first kappa shape index (κ1) is 20.5. The fourth-order valence-corrected chi connectivity index (χ4v) is 5.57. The van der Waals surface area contributed by atoms with Gasteiger partial charge in [-0.3, -0.25) is 4.90 Å². The molecule has 2 N–H and O–H groups in total. The normalized spacial score (nSPS) is 20.3. The SMILES string of the molecule is Cc1cc(Nc2cc3nc(-c4ncc(C)o4)sc3cn2)nc(N2C[C@@H]3C[C@H]2CN3CCO)n1. The highest BCUT2D eigenvalue weighted by molar-refractivity contribution is 7.21. The molecule has 0 aromatic carbocycles. The van der Waals surface area contributed by atoms with Gasteiger partial charge in [0.25, 0.3) is 5.89 Å². The third-order valence-electron chi connectivity index (χ3n) is 6.18. The Morgan fingerprint density at radius 3 is 2.76 bits per heavy atom. The van der Waals surface area contributed by atoms with E-state index in [0.29, 0.717) is 29.6 Å². The number of pyridine rings is 1. The summed E-state index contributed by atoms with van der Waals surface area (Å²) in [5.74, 6) is 3.40. The molecule has 0 amide bonds. The predicted octanol–water partition coefficient (Wildman–Crippen LogP) is 2.75. The molecule has 4 aromatic heterocycles. The van der Waals surface area contributed by atoms with Gasteiger partial charge >= 0.3 is 0 Å². The molecule has 2 aliphatic rings. The molecule has 6 rings (SSSR count). The number of oxazole rings is 1. The second-order valence-electron chi connectivity index (χ2n) is 8.57. The maximum absolute atomic E-state index is 9.27. The van der Waals surface area contributed by atoms with Crippen LogP contribution in [0.15, 0.2) is 28.9 Å². The van der Waals surface area contributed by atoms with E-state index in [2.05, 4.69) is 30.1 Å². The highest BCUT2D eigenvalue weighted by Gasteiger charge is 2.43. The quantitative estimate of drug-likeness (QED) is 0.441. The molecule has 2 saturated heterocycles. The van der Waals surface area contributed by atoms with Crippen molar-refractivity contribution in [3.63, 3.8) is 0 Å². The van der Waals surface area contributed by atoms with Crippen molar-refractivity contribution in [2.45, 2.75) is 32.4 Å². The van der Waals surface area contributed by atoms with Gasteiger partial charge in [0.15, 0.2) is 5.01 Å². The van der Waals surface area contributed by atoms with E-state index in [1.165, 1.54) is 11.3 Å². The Kier molecular flexibility index (Phi) is 4.97. The van der Waals surface area contributed by atoms with Gasteiger partial charge in [0.05, 0.1) is 23.0 Å². The van der Waals surface area contributed by atoms with Gasteiger partial charge in [-0.2, -0.15) is 4.98 Å². The molecular weight excluding hydrogens is 440 g/mol. The number of piperazine rings is 1. The Morgan fingerprint density at radius 1 is 1.09 bits per heavy atom. The van der Waals surface area contributed by atoms with Crippen LogP contribution >= 0.6 is 11.3 Å². The zero-order valence-corrected chi connectivity index (χ0v) is 19.2. The Morgan fingerprint density at radius 2 is 2.00 bits per heavy atom. The number of hydrogen-bond acceptors (Lipinski definition) is 11. The van der Waals surface area contributed by atoms with Crippen LogP contribution in [0.3, 0.4) is 0 Å². The molecule has 0 saturated carbocycles. The van der Waals surface area contributed by atoms with Crippen molar-refractivity contribution >= 4 is 39.1 Å². The third-order valence-corrected chi connectivity index (χ3v) is 7.17. The fourth-order valence-electron chi connectivity index (χ4n) is 4.72. The van der Waals surface area contributed by atoms with Crippen LogP contribution in [0.1, 0.15) is 17.9 Å². The second kappa shape index (κ2) is 8.01. The van der Waals surface area contributed by atoms with Gasteiger partial charge in [-0.05, 0) is 20.3 Å². The smallest absolute Gasteiger partial charge is 0.256 e. The van der Waals surface area contributed by atoms with Crippen molar-refractivity contribution in [2.24, 2.45) is 0 Å². The molecule has 11 heteroatoms. The number of aryl methyl sites for hydroxylation is 2. The highest BCUT2D eigenvalue weighted by atomic mass is 32.1. The number of fused-ring (bicyclic) bond motifs is 3. The van der Waals surface area contributed by atoms with E-state index in [4.69, 9.17) is 14.4 Å². The van der Waals surface area contributed by atoms with Crippen LogP contribution in [0.25, 0.3) is 21.1 Å². The molecular formula is C22H24N8O2S. The monoisotopic (exact) mass is 464 g/mol. The number of aliphatic hydroxyl groups is 1. The molecule has 33 heavy (non-hydrogen) atoms. The summed E-state index contributed by atoms with van der Waals surface area (Å²) in [6.45, 7) is 6.61. The molecule has 10 nitrogen and oxygen atoms in total. The van der Waals surface area contributed by atoms with Crippen molar-refractivity contribution in [2.75, 3.05) is 36.5 Å². The van der Waals surface area contributed by atoms with Gasteiger partial charge in [0.1, 0.15) is 17.4 Å². The molecule has 0 radical (unpaired) electrons. The maximum Gasteiger partial charge on any atom is 0.256 e. The maximum atomic E-state index is 9.27. The molecule has 2 aliphatic heterocycles. The summed E-state index contributed by atoms with van der Waals surface area (Å²) in [5, 5.41) is 13.3. The summed E-state index contributed by atoms with van der Waals surface area (Å²) < 4.78 is 6.57. The van der Waals surface area contributed by atoms with Crippen LogP contribution in [0.5, 0.6) is 0 Å². The van der Waals surface area contributed by atoms with Crippen molar-refractivity contribution in [1.29, 1.82) is 0 Å². The van der Waals surface area contributed by atoms with Crippen LogP contribution in [0.4, 0.5) is 17.6 Å². The average molecular weight is 465 g/mol. The summed E-state index contributed by atoms with van der Waals surface area (Å²) >= 11 is 1.50. The molecule has 2 bridgehead atoms. The molecule has 4 aromatic rings. The highest BCUT2D eigenvalue weighted by Crippen LogP contribution is 2.34. The lowest BCUT2D eigenvalue weighted by Gasteiger charge is -2.34. The van der Waals surface area contributed by atoms with Crippen LogP contribution in [0.2, 0.25) is 0 Å². The Bertz CT molecular complexity index is 1320. The zero-order valence-electron chi connectivity index (χ0n) is 18.4. The van der Waals surface area contributed by atoms with E-state index in [1.807, 2.05) is 26.0 Å². The number of nitrogens with zero attached hydrogens (tertiary/aromatic N) is 7. The summed E-state index contributed by atoms with van der Waals surface area (Å²) in [4.78, 5) is 27.6. The van der Waals surface area contributed by atoms with Crippen LogP contribution < -0.4 is 10.2 Å². The topological polar surface area (TPSA) is 116 Å². The number of hydrogen-bond donors (Lipinski definition) is 2. The fraction of sp³-hybridized carbons (Fsp3) is 0.409. The number of rotatable bonds is 6. The lowest BCUT2D eigenvalue weighted by atomic mass is 10.2. The third kappa shape index (κ3) is 3.81. The molecule has 6 heterocycles. The minimum absolute atomic E-state index is 0.202. The van der Waals surface area contributed by atoms with Gasteiger partial charge in [0.2, 0.25) is 5.95 Å². The van der Waals surface area contributed by atoms with Crippen LogP contribution in [-0.2, 0) is 0 Å². The van der Waals surface area contributed by atoms with Gasteiger partial charge in [-0.1, -0.05) is 0 Å². The predicted molar refractivity (Wildman–Crippen MR) is 126 cm³/mol. The number of β-amino-alcohol motifs (C(OH)–C–C–N with tert-alkyl or cyclic N) is 1. The summed E-state index contributed by atoms with van der Waals surface area (Å²) in [6.07, 6.45) is 4.59. The first-order valence-corrected chi connectivity index (χ1v) is 11.8. The van der Waals surface area contributed by atoms with Gasteiger partial charge in [0, 0.05) is 55.7 Å². The van der Waals surface area contributed by atoms with Crippen LogP contribution in [0, 0.1) is 13.8 Å². The largest absolute Gasteiger partial charge is 0.440 e. The van der Waals surface area contributed by atoms with Crippen molar-refractivity contribution in [3.05, 3.63) is 36.0 Å². The van der Waals surface area contributed by atoms with Gasteiger partial charge in [-0.25, -0.2) is 19.9 Å². The van der Waals surface area contributed by atoms with Crippen molar-refractivity contribution in [1.82, 2.24) is 29.8 Å². The lowest BCUT2D eigenvalue weighted by Crippen LogP contribution is -2.47. The first-order valence-electron chi connectivity index (χ1n) is 11.0. The zero-order chi connectivity index (χ0) is 22.5. The van der Waals surface area contributed by atoms with E-state index >= 15 is 0 Å². The Hall–Kier alpha value is -3.15. The van der Waals surface area contributed by atoms with E-state index in [-0.39, 0.29) is 6.61 Å². The number of likely N-dealkylation sites (tertiary alicyclic amines) is 1. The van der Waals surface area contributed by atoms with Crippen molar-refractivity contribution < 1.29 is 9.52 Å². The van der Waals surface area contributed by atoms with E-state index < -0.39 is 0 Å². The van der Waals surface area contributed by atoms with E-state index in [1.54, 1.807) is 12.4 Å². The number of thiazole rings is 1. The standard InChI is InChI=1S/C22H24N8O2S/c1-12-5-19(28-22(25-12)30-11-14-6-15(30)10-29(14)3-4-31)27-18-7-16-17(9-23-18)33-21(26-16)20-24-8-13(2)32-20/h5,7-9,14-15,31H,3-4,6,10-11H2,1-2H3,(H,23,25,27,28)/t14-,15-/m0/s1. The Balaban J connectivity index is 1.23. The molecule has 2 atom stereocenters. The first-order chi connectivity index (χ1) is 16.1. The van der Waals surface area contributed by atoms with Gasteiger partial charge in [-0.15, -0.1) is 11.3 Å². The summed E-state index contributed by atoms with van der Waals surface area (Å²) in [5.41, 5.74) is 1.73. The molecule has 2 fully saturated rings. The summed E-state index contributed by atoms with van der Waals surface area (Å²) in [6, 6.07) is 4.67. The lowest BCUT2D eigenvalue weighted by molar-refractivity contribution is 0.176. The molecule has 0 aliphatic carbocycles. The van der Waals surface area contributed by atoms with E-state index in [0.717, 1.165) is 58.7 Å². The van der Waals surface area contributed by atoms with Crippen LogP contribution in [-0.4, -0.2) is 73.3 Å². The molecule has 170 valence electrons. The average Bonchev–Trinajstić information content (AvgIpc) is 3.56. The summed E-state index contributed by atoms with van der Waals surface area (Å²) in [7, 11) is 0. The molecule has 0 spiro atoms. The van der Waals surface area contributed by atoms with Gasteiger partial charge < -0.3 is 19.7 Å². The second-order valence-corrected chi connectivity index (χ2v) is 9.60. The van der Waals surface area contributed by atoms with E-state index in [9.17, 15) is 5.11 Å². The minimum Gasteiger partial charge on any atom is -0.440 e. The number of aliphatic hydroxyl groups excluding tert-OH is 1. The number of aromatic nitrogens is 5. The number of nitrogens with one attached hydrogen (secondary N) is 1.